The van der Waals surface area contributed by atoms with Crippen molar-refractivity contribution >= 4 is 40.7 Å². The van der Waals surface area contributed by atoms with Gasteiger partial charge in [-0.2, -0.15) is 0 Å². The number of carbonyl (C=O) groups is 2. The zero-order chi connectivity index (χ0) is 34.9. The SMILES string of the molecule is COc1nc(-c2cccc(-c3cccc(-c4ccn5c(=O)c(-c6ncc(C(=O)O)[nH]6)cnc5c4)c3Cl)c2Cl)ccc1CNC[C@H]1CCC(=O)N1. The molecule has 252 valence electrons. The molecule has 7 rings (SSSR count). The quantitative estimate of drug-likeness (QED) is 0.136. The molecule has 50 heavy (non-hydrogen) atoms. The van der Waals surface area contributed by atoms with E-state index >= 15 is 0 Å². The average Bonchev–Trinajstić information content (AvgIpc) is 3.78. The fourth-order valence-corrected chi connectivity index (χ4v) is 6.68. The highest BCUT2D eigenvalue weighted by atomic mass is 35.5. The number of hydrogen-bond donors (Lipinski definition) is 4. The molecule has 4 N–H and O–H groups in total. The number of nitrogens with zero attached hydrogens (tertiary/aromatic N) is 4. The van der Waals surface area contributed by atoms with Gasteiger partial charge in [-0.1, -0.05) is 65.7 Å². The number of H-pyrrole nitrogens is 1. The van der Waals surface area contributed by atoms with Gasteiger partial charge in [0.25, 0.3) is 5.56 Å². The van der Waals surface area contributed by atoms with Gasteiger partial charge in [0.15, 0.2) is 0 Å². The largest absolute Gasteiger partial charge is 0.481 e. The van der Waals surface area contributed by atoms with Gasteiger partial charge in [0, 0.05) is 65.8 Å². The molecule has 1 aliphatic rings. The van der Waals surface area contributed by atoms with Crippen LogP contribution in [0.4, 0.5) is 0 Å². The summed E-state index contributed by atoms with van der Waals surface area (Å²) >= 11 is 14.1. The summed E-state index contributed by atoms with van der Waals surface area (Å²) in [6.45, 7) is 1.18. The van der Waals surface area contributed by atoms with Crippen LogP contribution in [0.1, 0.15) is 28.9 Å². The molecule has 0 aliphatic carbocycles. The van der Waals surface area contributed by atoms with E-state index in [9.17, 15) is 19.5 Å². The lowest BCUT2D eigenvalue weighted by Gasteiger charge is -2.16. The molecule has 1 aliphatic heterocycles. The van der Waals surface area contributed by atoms with Crippen LogP contribution in [0.3, 0.4) is 0 Å². The first-order chi connectivity index (χ1) is 24.2. The van der Waals surface area contributed by atoms with E-state index in [0.717, 1.165) is 23.7 Å². The van der Waals surface area contributed by atoms with E-state index in [4.69, 9.17) is 32.9 Å². The maximum atomic E-state index is 13.3. The van der Waals surface area contributed by atoms with Gasteiger partial charge in [0.2, 0.25) is 11.8 Å². The van der Waals surface area contributed by atoms with Gasteiger partial charge < -0.3 is 25.5 Å². The molecule has 14 heteroatoms. The highest BCUT2D eigenvalue weighted by Gasteiger charge is 2.21. The second-order valence-electron chi connectivity index (χ2n) is 11.7. The lowest BCUT2D eigenvalue weighted by molar-refractivity contribution is -0.119. The molecule has 1 atom stereocenters. The Balaban J connectivity index is 1.17. The predicted molar refractivity (Wildman–Crippen MR) is 190 cm³/mol. The number of benzene rings is 2. The first kappa shape index (κ1) is 33.0. The molecule has 6 aromatic rings. The molecule has 4 aromatic heterocycles. The normalized spacial score (nSPS) is 14.2. The Labute approximate surface area is 295 Å². The maximum absolute atomic E-state index is 13.3. The number of aromatic carboxylic acids is 1. The van der Waals surface area contributed by atoms with Gasteiger partial charge in [-0.05, 0) is 30.2 Å². The number of amides is 1. The number of carbonyl (C=O) groups excluding carboxylic acids is 1. The van der Waals surface area contributed by atoms with E-state index in [0.29, 0.717) is 69.0 Å². The fraction of sp³-hybridized carbons (Fsp3) is 0.167. The number of hydrogen-bond acceptors (Lipinski definition) is 8. The smallest absolute Gasteiger partial charge is 0.353 e. The number of halogens is 2. The molecule has 0 unspecified atom stereocenters. The molecule has 0 saturated carbocycles. The van der Waals surface area contributed by atoms with Gasteiger partial charge in [-0.15, -0.1) is 0 Å². The van der Waals surface area contributed by atoms with Crippen molar-refractivity contribution in [2.45, 2.75) is 25.4 Å². The zero-order valence-corrected chi connectivity index (χ0v) is 28.0. The number of methoxy groups -OCH3 is 1. The van der Waals surface area contributed by atoms with Crippen molar-refractivity contribution in [2.24, 2.45) is 0 Å². The standard InChI is InChI=1S/C36H29Cl2N7O5/c1-50-34-20(15-39-16-21-9-11-30(46)42-21)8-10-27(44-34)25-7-3-6-24(32(25)38)23-5-2-4-22(31(23)37)19-12-13-45-29(14-19)40-17-26(35(45)47)33-41-18-28(43-33)36(48)49/h2-8,10,12-14,17-18,21,39H,9,11,15-16H2,1H3,(H,41,43)(H,42,46)(H,48,49)/t21-/m1/s1. The van der Waals surface area contributed by atoms with E-state index in [-0.39, 0.29) is 29.0 Å². The molecule has 12 nitrogen and oxygen atoms in total. The van der Waals surface area contributed by atoms with Gasteiger partial charge in [-0.3, -0.25) is 14.0 Å². The van der Waals surface area contributed by atoms with Crippen LogP contribution in [0.25, 0.3) is 50.5 Å². The van der Waals surface area contributed by atoms with Crippen LogP contribution in [0.5, 0.6) is 5.88 Å². The molecule has 1 fully saturated rings. The minimum absolute atomic E-state index is 0.0818. The van der Waals surface area contributed by atoms with Crippen molar-refractivity contribution in [3.05, 3.63) is 111 Å². The maximum Gasteiger partial charge on any atom is 0.353 e. The number of nitrogens with one attached hydrogen (secondary N) is 3. The Morgan fingerprint density at radius 2 is 1.72 bits per heavy atom. The van der Waals surface area contributed by atoms with E-state index in [1.807, 2.05) is 48.5 Å². The van der Waals surface area contributed by atoms with Crippen LogP contribution < -0.4 is 20.9 Å². The summed E-state index contributed by atoms with van der Waals surface area (Å²) in [4.78, 5) is 51.9. The van der Waals surface area contributed by atoms with Crippen LogP contribution >= 0.6 is 23.2 Å². The van der Waals surface area contributed by atoms with Gasteiger partial charge >= 0.3 is 5.97 Å². The van der Waals surface area contributed by atoms with Crippen LogP contribution in [0.15, 0.2) is 84.0 Å². The second kappa shape index (κ2) is 13.7. The Morgan fingerprint density at radius 1 is 0.980 bits per heavy atom. The first-order valence-electron chi connectivity index (χ1n) is 15.6. The number of imidazole rings is 1. The van der Waals surface area contributed by atoms with Crippen molar-refractivity contribution in [3.8, 4) is 50.8 Å². The Bertz CT molecular complexity index is 2360. The van der Waals surface area contributed by atoms with E-state index < -0.39 is 11.5 Å². The fourth-order valence-electron chi connectivity index (χ4n) is 6.01. The van der Waals surface area contributed by atoms with Crippen molar-refractivity contribution < 1.29 is 19.4 Å². The summed E-state index contributed by atoms with van der Waals surface area (Å²) < 4.78 is 6.98. The summed E-state index contributed by atoms with van der Waals surface area (Å²) in [7, 11) is 1.57. The molecular weight excluding hydrogens is 681 g/mol. The summed E-state index contributed by atoms with van der Waals surface area (Å²) in [6.07, 6.45) is 5.47. The van der Waals surface area contributed by atoms with Crippen molar-refractivity contribution in [3.63, 3.8) is 0 Å². The number of rotatable bonds is 10. The molecule has 0 spiro atoms. The predicted octanol–water partition coefficient (Wildman–Crippen LogP) is 5.86. The van der Waals surface area contributed by atoms with E-state index in [2.05, 4.69) is 25.6 Å². The third kappa shape index (κ3) is 6.31. The highest BCUT2D eigenvalue weighted by Crippen LogP contribution is 2.42. The molecular formula is C36H29Cl2N7O5. The van der Waals surface area contributed by atoms with Crippen LogP contribution in [0, 0.1) is 0 Å². The van der Waals surface area contributed by atoms with Crippen LogP contribution in [-0.4, -0.2) is 61.0 Å². The number of pyridine rings is 2. The second-order valence-corrected chi connectivity index (χ2v) is 12.5. The summed E-state index contributed by atoms with van der Waals surface area (Å²) in [5.41, 5.74) is 5.00. The molecule has 1 saturated heterocycles. The molecule has 1 amide bonds. The minimum atomic E-state index is -1.18. The van der Waals surface area contributed by atoms with Gasteiger partial charge in [0.1, 0.15) is 22.7 Å². The zero-order valence-electron chi connectivity index (χ0n) is 26.5. The number of fused-ring (bicyclic) bond motifs is 1. The number of carboxylic acid groups (broad SMARTS) is 1. The van der Waals surface area contributed by atoms with E-state index in [1.54, 1.807) is 25.4 Å². The summed E-state index contributed by atoms with van der Waals surface area (Å²) in [5.74, 6) is -0.518. The van der Waals surface area contributed by atoms with Crippen molar-refractivity contribution in [1.29, 1.82) is 0 Å². The van der Waals surface area contributed by atoms with Crippen LogP contribution in [0.2, 0.25) is 10.0 Å². The Hall–Kier alpha value is -5.56. The Kier molecular flexibility index (Phi) is 9.06. The Morgan fingerprint density at radius 3 is 2.42 bits per heavy atom. The third-order valence-corrected chi connectivity index (χ3v) is 9.38. The number of aromatic nitrogens is 5. The van der Waals surface area contributed by atoms with E-state index in [1.165, 1.54) is 10.6 Å². The van der Waals surface area contributed by atoms with Crippen LogP contribution in [-0.2, 0) is 11.3 Å². The number of carboxylic acids is 1. The topological polar surface area (TPSA) is 164 Å². The van der Waals surface area contributed by atoms with Crippen molar-refractivity contribution in [1.82, 2.24) is 35.0 Å². The molecule has 5 heterocycles. The van der Waals surface area contributed by atoms with Gasteiger partial charge in [-0.25, -0.2) is 19.7 Å². The third-order valence-electron chi connectivity index (χ3n) is 8.57. The highest BCUT2D eigenvalue weighted by molar-refractivity contribution is 6.39. The molecule has 0 bridgehead atoms. The van der Waals surface area contributed by atoms with Gasteiger partial charge in [0.05, 0.1) is 29.0 Å². The molecule has 0 radical (unpaired) electrons. The van der Waals surface area contributed by atoms with Crippen molar-refractivity contribution in [2.75, 3.05) is 13.7 Å². The number of aromatic amines is 1. The summed E-state index contributed by atoms with van der Waals surface area (Å²) in [5, 5.41) is 16.4. The minimum Gasteiger partial charge on any atom is -0.481 e. The lowest BCUT2D eigenvalue weighted by atomic mass is 9.97. The number of ether oxygens (including phenoxy) is 1. The molecule has 2 aromatic carbocycles. The first-order valence-corrected chi connectivity index (χ1v) is 16.4. The lowest BCUT2D eigenvalue weighted by Crippen LogP contribution is -2.35. The monoisotopic (exact) mass is 709 g/mol. The average molecular weight is 711 g/mol. The summed E-state index contributed by atoms with van der Waals surface area (Å²) in [6, 6.07) is 18.8.